The lowest BCUT2D eigenvalue weighted by atomic mass is 10.1. The summed E-state index contributed by atoms with van der Waals surface area (Å²) in [5.41, 5.74) is 0.517. The summed E-state index contributed by atoms with van der Waals surface area (Å²) in [4.78, 5) is 10.8. The van der Waals surface area contributed by atoms with E-state index in [1.54, 1.807) is 16.8 Å². The first-order valence-corrected chi connectivity index (χ1v) is 4.57. The van der Waals surface area contributed by atoms with Crippen molar-refractivity contribution in [3.8, 4) is 0 Å². The predicted octanol–water partition coefficient (Wildman–Crippen LogP) is 0.315. The fourth-order valence-electron chi connectivity index (χ4n) is 0.875. The summed E-state index contributed by atoms with van der Waals surface area (Å²) < 4.78 is 4.29. The van der Waals surface area contributed by atoms with E-state index in [1.165, 1.54) is 11.3 Å². The van der Waals surface area contributed by atoms with Gasteiger partial charge in [-0.2, -0.15) is 11.3 Å². The zero-order valence-corrected chi connectivity index (χ0v) is 7.82. The van der Waals surface area contributed by atoms with Crippen LogP contribution in [0, 0.1) is 0 Å². The van der Waals surface area contributed by atoms with Crippen LogP contribution in [0.3, 0.4) is 0 Å². The molecule has 0 saturated carbocycles. The van der Waals surface area contributed by atoms with Gasteiger partial charge in [-0.3, -0.25) is 0 Å². The zero-order valence-electron chi connectivity index (χ0n) is 7.01. The van der Waals surface area contributed by atoms with Gasteiger partial charge < -0.3 is 14.9 Å². The van der Waals surface area contributed by atoms with Gasteiger partial charge in [-0.1, -0.05) is 0 Å². The topological polar surface area (TPSA) is 66.8 Å². The van der Waals surface area contributed by atoms with Crippen LogP contribution in [0.4, 0.5) is 0 Å². The van der Waals surface area contributed by atoms with E-state index in [0.717, 1.165) is 7.11 Å². The summed E-state index contributed by atoms with van der Waals surface area (Å²) in [6, 6.07) is 1.64. The van der Waals surface area contributed by atoms with Crippen molar-refractivity contribution in [3.05, 3.63) is 22.4 Å². The number of thiophene rings is 1. The average Bonchev–Trinajstić information content (AvgIpc) is 2.67. The van der Waals surface area contributed by atoms with Gasteiger partial charge in [0.05, 0.1) is 7.11 Å². The average molecular weight is 202 g/mol. The molecule has 1 rings (SSSR count). The molecule has 0 radical (unpaired) electrons. The maximum Gasteiger partial charge on any atom is 0.337 e. The van der Waals surface area contributed by atoms with Gasteiger partial charge in [-0.05, 0) is 22.4 Å². The molecule has 72 valence electrons. The number of hydrogen-bond acceptors (Lipinski definition) is 5. The lowest BCUT2D eigenvalue weighted by molar-refractivity contribution is -0.156. The van der Waals surface area contributed by atoms with Crippen LogP contribution in [-0.4, -0.2) is 29.4 Å². The predicted molar refractivity (Wildman–Crippen MR) is 47.3 cm³/mol. The molecule has 0 aromatic carbocycles. The van der Waals surface area contributed by atoms with Crippen molar-refractivity contribution >= 4 is 17.3 Å². The van der Waals surface area contributed by atoms with Crippen LogP contribution in [0.2, 0.25) is 0 Å². The lowest BCUT2D eigenvalue weighted by Gasteiger charge is -2.13. The smallest absolute Gasteiger partial charge is 0.337 e. The van der Waals surface area contributed by atoms with E-state index in [1.807, 2.05) is 0 Å². The van der Waals surface area contributed by atoms with Crippen molar-refractivity contribution in [1.82, 2.24) is 0 Å². The molecule has 0 amide bonds. The van der Waals surface area contributed by atoms with Crippen LogP contribution in [-0.2, 0) is 9.53 Å². The van der Waals surface area contributed by atoms with E-state index >= 15 is 0 Å². The summed E-state index contributed by atoms with van der Waals surface area (Å²) in [5, 5.41) is 22.1. The van der Waals surface area contributed by atoms with Gasteiger partial charge in [0.2, 0.25) is 0 Å². The van der Waals surface area contributed by atoms with Crippen LogP contribution in [0.25, 0.3) is 0 Å². The normalized spacial score (nSPS) is 15.0. The van der Waals surface area contributed by atoms with E-state index in [0.29, 0.717) is 5.56 Å². The molecule has 13 heavy (non-hydrogen) atoms. The Morgan fingerprint density at radius 3 is 2.77 bits per heavy atom. The molecule has 5 heteroatoms. The van der Waals surface area contributed by atoms with Gasteiger partial charge in [0.1, 0.15) is 6.10 Å². The van der Waals surface area contributed by atoms with Crippen molar-refractivity contribution in [2.24, 2.45) is 0 Å². The standard InChI is InChI=1S/C8H10O4S/c1-12-8(11)7(10)6(9)5-2-3-13-4-5/h2-4,6-7,9-10H,1H3. The van der Waals surface area contributed by atoms with Gasteiger partial charge in [-0.15, -0.1) is 0 Å². The molecule has 0 aliphatic heterocycles. The molecule has 4 nitrogen and oxygen atoms in total. The number of ether oxygens (including phenoxy) is 1. The Labute approximate surface area is 79.4 Å². The Hall–Kier alpha value is -0.910. The van der Waals surface area contributed by atoms with Gasteiger partial charge in [0.25, 0.3) is 0 Å². The Balaban J connectivity index is 2.68. The van der Waals surface area contributed by atoms with Gasteiger partial charge >= 0.3 is 5.97 Å². The van der Waals surface area contributed by atoms with Gasteiger partial charge in [0.15, 0.2) is 6.10 Å². The minimum Gasteiger partial charge on any atom is -0.467 e. The van der Waals surface area contributed by atoms with E-state index in [9.17, 15) is 15.0 Å². The van der Waals surface area contributed by atoms with Crippen molar-refractivity contribution in [2.45, 2.75) is 12.2 Å². The zero-order chi connectivity index (χ0) is 9.84. The number of carbonyl (C=O) groups is 1. The third kappa shape index (κ3) is 2.27. The molecule has 0 aliphatic carbocycles. The molecule has 2 unspecified atom stereocenters. The number of rotatable bonds is 3. The van der Waals surface area contributed by atoms with E-state index in [-0.39, 0.29) is 0 Å². The Morgan fingerprint density at radius 1 is 1.62 bits per heavy atom. The maximum atomic E-state index is 10.8. The van der Waals surface area contributed by atoms with E-state index in [2.05, 4.69) is 4.74 Å². The number of aliphatic hydroxyl groups is 2. The highest BCUT2D eigenvalue weighted by atomic mass is 32.1. The van der Waals surface area contributed by atoms with Crippen molar-refractivity contribution in [1.29, 1.82) is 0 Å². The van der Waals surface area contributed by atoms with Crippen LogP contribution in [0.1, 0.15) is 11.7 Å². The molecular weight excluding hydrogens is 192 g/mol. The van der Waals surface area contributed by atoms with Gasteiger partial charge in [0, 0.05) is 0 Å². The number of esters is 1. The molecule has 0 spiro atoms. The Morgan fingerprint density at radius 2 is 2.31 bits per heavy atom. The van der Waals surface area contributed by atoms with Crippen LogP contribution in [0.15, 0.2) is 16.8 Å². The van der Waals surface area contributed by atoms with Crippen molar-refractivity contribution < 1.29 is 19.7 Å². The summed E-state index contributed by atoms with van der Waals surface area (Å²) in [5.74, 6) is -0.835. The molecule has 1 aromatic heterocycles. The highest BCUT2D eigenvalue weighted by molar-refractivity contribution is 7.07. The van der Waals surface area contributed by atoms with Crippen molar-refractivity contribution in [3.63, 3.8) is 0 Å². The fourth-order valence-corrected chi connectivity index (χ4v) is 1.56. The third-order valence-electron chi connectivity index (χ3n) is 1.63. The van der Waals surface area contributed by atoms with Gasteiger partial charge in [-0.25, -0.2) is 4.79 Å². The maximum absolute atomic E-state index is 10.8. The molecule has 0 saturated heterocycles. The van der Waals surface area contributed by atoms with E-state index < -0.39 is 18.2 Å². The second kappa shape index (κ2) is 4.36. The quantitative estimate of drug-likeness (QED) is 0.692. The first-order valence-electron chi connectivity index (χ1n) is 3.63. The summed E-state index contributed by atoms with van der Waals surface area (Å²) in [6.45, 7) is 0. The minimum atomic E-state index is -1.51. The summed E-state index contributed by atoms with van der Waals surface area (Å²) in [6.07, 6.45) is -2.72. The Kier molecular flexibility index (Phi) is 3.41. The monoisotopic (exact) mass is 202 g/mol. The second-order valence-corrected chi connectivity index (χ2v) is 3.25. The number of methoxy groups -OCH3 is 1. The molecular formula is C8H10O4S. The fraction of sp³-hybridized carbons (Fsp3) is 0.375. The van der Waals surface area contributed by atoms with Crippen LogP contribution < -0.4 is 0 Å². The second-order valence-electron chi connectivity index (χ2n) is 2.47. The SMILES string of the molecule is COC(=O)C(O)C(O)c1ccsc1. The number of carbonyl (C=O) groups excluding carboxylic acids is 1. The molecule has 2 N–H and O–H groups in total. The first kappa shape index (κ1) is 10.2. The minimum absolute atomic E-state index is 0.517. The number of hydrogen-bond donors (Lipinski definition) is 2. The molecule has 2 atom stereocenters. The molecule has 0 fully saturated rings. The highest BCUT2D eigenvalue weighted by Crippen LogP contribution is 2.19. The first-order chi connectivity index (χ1) is 6.16. The summed E-state index contributed by atoms with van der Waals surface area (Å²) >= 11 is 1.38. The van der Waals surface area contributed by atoms with Crippen LogP contribution in [0.5, 0.6) is 0 Å². The molecule has 0 bridgehead atoms. The molecule has 1 aromatic rings. The lowest BCUT2D eigenvalue weighted by Crippen LogP contribution is -2.28. The van der Waals surface area contributed by atoms with E-state index in [4.69, 9.17) is 0 Å². The Bertz CT molecular complexity index is 270. The van der Waals surface area contributed by atoms with Crippen molar-refractivity contribution in [2.75, 3.05) is 7.11 Å². The third-order valence-corrected chi connectivity index (χ3v) is 2.33. The summed E-state index contributed by atoms with van der Waals surface area (Å²) in [7, 11) is 1.16. The highest BCUT2D eigenvalue weighted by Gasteiger charge is 2.26. The number of aliphatic hydroxyl groups excluding tert-OH is 2. The largest absolute Gasteiger partial charge is 0.467 e. The molecule has 0 aliphatic rings. The van der Waals surface area contributed by atoms with Crippen LogP contribution >= 0.6 is 11.3 Å². The molecule has 1 heterocycles.